The summed E-state index contributed by atoms with van der Waals surface area (Å²) in [6.45, 7) is 3.54. The SMILES string of the molecule is Cc1ccc([N+](=O)[O-])cc1Oc1nccc(C)c1C#N. The minimum absolute atomic E-state index is 0.0724. The van der Waals surface area contributed by atoms with Gasteiger partial charge in [0, 0.05) is 12.3 Å². The number of non-ortho nitro benzene ring substituents is 1. The quantitative estimate of drug-likeness (QED) is 0.630. The van der Waals surface area contributed by atoms with E-state index >= 15 is 0 Å². The van der Waals surface area contributed by atoms with E-state index in [1.165, 1.54) is 18.3 Å². The summed E-state index contributed by atoms with van der Waals surface area (Å²) in [4.78, 5) is 14.3. The molecule has 0 aliphatic heterocycles. The number of nitro benzene ring substituents is 1. The Kier molecular flexibility index (Phi) is 3.62. The van der Waals surface area contributed by atoms with E-state index in [0.29, 0.717) is 11.3 Å². The molecule has 0 aliphatic carbocycles. The molecule has 0 amide bonds. The van der Waals surface area contributed by atoms with E-state index in [9.17, 15) is 10.1 Å². The van der Waals surface area contributed by atoms with Crippen molar-refractivity contribution in [3.63, 3.8) is 0 Å². The van der Waals surface area contributed by atoms with Crippen LogP contribution in [-0.4, -0.2) is 9.91 Å². The first-order valence-corrected chi connectivity index (χ1v) is 5.81. The van der Waals surface area contributed by atoms with Crippen molar-refractivity contribution in [2.24, 2.45) is 0 Å². The first kappa shape index (κ1) is 13.5. The van der Waals surface area contributed by atoms with E-state index in [2.05, 4.69) is 4.98 Å². The van der Waals surface area contributed by atoms with Crippen molar-refractivity contribution in [2.45, 2.75) is 13.8 Å². The van der Waals surface area contributed by atoms with Gasteiger partial charge in [0.2, 0.25) is 5.88 Å². The molecule has 0 unspecified atom stereocenters. The molecule has 0 fully saturated rings. The number of hydrogen-bond acceptors (Lipinski definition) is 5. The number of nitriles is 1. The zero-order valence-corrected chi connectivity index (χ0v) is 11.0. The van der Waals surface area contributed by atoms with Crippen LogP contribution in [0.25, 0.3) is 0 Å². The van der Waals surface area contributed by atoms with Crippen molar-refractivity contribution in [2.75, 3.05) is 0 Å². The van der Waals surface area contributed by atoms with Crippen molar-refractivity contribution >= 4 is 5.69 Å². The summed E-state index contributed by atoms with van der Waals surface area (Å²) < 4.78 is 5.56. The lowest BCUT2D eigenvalue weighted by Gasteiger charge is -2.09. The fourth-order valence-electron chi connectivity index (χ4n) is 1.66. The number of rotatable bonds is 3. The molecule has 20 heavy (non-hydrogen) atoms. The first-order chi connectivity index (χ1) is 9.52. The van der Waals surface area contributed by atoms with Crippen molar-refractivity contribution in [3.8, 4) is 17.7 Å². The highest BCUT2D eigenvalue weighted by Gasteiger charge is 2.14. The molecule has 0 bridgehead atoms. The largest absolute Gasteiger partial charge is 0.437 e. The van der Waals surface area contributed by atoms with Gasteiger partial charge in [0.25, 0.3) is 5.69 Å². The molecule has 0 radical (unpaired) electrons. The molecule has 0 saturated carbocycles. The third-order valence-corrected chi connectivity index (χ3v) is 2.83. The first-order valence-electron chi connectivity index (χ1n) is 5.81. The second-order valence-electron chi connectivity index (χ2n) is 4.23. The predicted octanol–water partition coefficient (Wildman–Crippen LogP) is 3.27. The van der Waals surface area contributed by atoms with Crippen LogP contribution in [0.5, 0.6) is 11.6 Å². The number of nitro groups is 1. The fourth-order valence-corrected chi connectivity index (χ4v) is 1.66. The van der Waals surface area contributed by atoms with Crippen molar-refractivity contribution < 1.29 is 9.66 Å². The van der Waals surface area contributed by atoms with Crippen LogP contribution in [-0.2, 0) is 0 Å². The van der Waals surface area contributed by atoms with E-state index in [-0.39, 0.29) is 11.6 Å². The molecule has 100 valence electrons. The van der Waals surface area contributed by atoms with Crippen molar-refractivity contribution in [1.29, 1.82) is 5.26 Å². The molecule has 2 aromatic rings. The molecule has 2 rings (SSSR count). The molecule has 0 N–H and O–H groups in total. The summed E-state index contributed by atoms with van der Waals surface area (Å²) in [7, 11) is 0. The highest BCUT2D eigenvalue weighted by Crippen LogP contribution is 2.30. The van der Waals surface area contributed by atoms with E-state index in [1.807, 2.05) is 6.07 Å². The van der Waals surface area contributed by atoms with Crippen LogP contribution in [0.1, 0.15) is 16.7 Å². The van der Waals surface area contributed by atoms with Gasteiger partial charge >= 0.3 is 0 Å². The predicted molar refractivity (Wildman–Crippen MR) is 71.6 cm³/mol. The molecule has 0 atom stereocenters. The van der Waals surface area contributed by atoms with Gasteiger partial charge in [0.15, 0.2) is 0 Å². The van der Waals surface area contributed by atoms with Gasteiger partial charge in [-0.15, -0.1) is 0 Å². The molecule has 0 aliphatic rings. The minimum Gasteiger partial charge on any atom is -0.437 e. The van der Waals surface area contributed by atoms with Gasteiger partial charge in [-0.25, -0.2) is 4.98 Å². The van der Waals surface area contributed by atoms with E-state index in [1.54, 1.807) is 26.0 Å². The Labute approximate surface area is 115 Å². The summed E-state index contributed by atoms with van der Waals surface area (Å²) in [5.74, 6) is 0.463. The van der Waals surface area contributed by atoms with Gasteiger partial charge in [-0.3, -0.25) is 10.1 Å². The Morgan fingerprint density at radius 1 is 1.30 bits per heavy atom. The molecule has 1 heterocycles. The van der Waals surface area contributed by atoms with Gasteiger partial charge < -0.3 is 4.74 Å². The summed E-state index contributed by atoms with van der Waals surface area (Å²) in [6.07, 6.45) is 1.53. The number of pyridine rings is 1. The smallest absolute Gasteiger partial charge is 0.273 e. The lowest BCUT2D eigenvalue weighted by atomic mass is 10.1. The lowest BCUT2D eigenvalue weighted by Crippen LogP contribution is -1.96. The number of nitrogens with zero attached hydrogens (tertiary/aromatic N) is 3. The molecular weight excluding hydrogens is 258 g/mol. The van der Waals surface area contributed by atoms with E-state index < -0.39 is 4.92 Å². The number of benzene rings is 1. The van der Waals surface area contributed by atoms with Crippen molar-refractivity contribution in [1.82, 2.24) is 4.98 Å². The molecule has 6 nitrogen and oxygen atoms in total. The van der Waals surface area contributed by atoms with E-state index in [4.69, 9.17) is 10.00 Å². The van der Waals surface area contributed by atoms with Crippen LogP contribution in [0, 0.1) is 35.3 Å². The molecule has 1 aromatic heterocycles. The molecular formula is C14H11N3O3. The Bertz CT molecular complexity index is 720. The van der Waals surface area contributed by atoms with Crippen LogP contribution < -0.4 is 4.74 Å². The lowest BCUT2D eigenvalue weighted by molar-refractivity contribution is -0.384. The van der Waals surface area contributed by atoms with E-state index in [0.717, 1.165) is 11.1 Å². The van der Waals surface area contributed by atoms with Crippen LogP contribution in [0.15, 0.2) is 30.5 Å². The number of hydrogen-bond donors (Lipinski definition) is 0. The fraction of sp³-hybridized carbons (Fsp3) is 0.143. The van der Waals surface area contributed by atoms with Crippen molar-refractivity contribution in [3.05, 3.63) is 57.3 Å². The average Bonchev–Trinajstić information content (AvgIpc) is 2.41. The number of aromatic nitrogens is 1. The van der Waals surface area contributed by atoms with Gasteiger partial charge in [0.05, 0.1) is 11.0 Å². The third-order valence-electron chi connectivity index (χ3n) is 2.83. The van der Waals surface area contributed by atoms with Crippen LogP contribution in [0.4, 0.5) is 5.69 Å². The molecule has 0 spiro atoms. The van der Waals surface area contributed by atoms with Crippen LogP contribution in [0.2, 0.25) is 0 Å². The molecule has 6 heteroatoms. The maximum Gasteiger partial charge on any atom is 0.273 e. The minimum atomic E-state index is -0.499. The zero-order valence-electron chi connectivity index (χ0n) is 11.0. The summed E-state index contributed by atoms with van der Waals surface area (Å²) in [6, 6.07) is 8.03. The number of aryl methyl sites for hydroxylation is 2. The Balaban J connectivity index is 2.45. The monoisotopic (exact) mass is 269 g/mol. The summed E-state index contributed by atoms with van der Waals surface area (Å²) in [5.41, 5.74) is 1.71. The Morgan fingerprint density at radius 3 is 2.70 bits per heavy atom. The highest BCUT2D eigenvalue weighted by atomic mass is 16.6. The highest BCUT2D eigenvalue weighted by molar-refractivity contribution is 5.49. The summed E-state index contributed by atoms with van der Waals surface area (Å²) >= 11 is 0. The maximum absolute atomic E-state index is 10.8. The number of ether oxygens (including phenoxy) is 1. The second kappa shape index (κ2) is 5.36. The van der Waals surface area contributed by atoms with Crippen LogP contribution >= 0.6 is 0 Å². The normalized spacial score (nSPS) is 9.85. The Hall–Kier alpha value is -2.94. The molecule has 0 saturated heterocycles. The average molecular weight is 269 g/mol. The molecule has 1 aromatic carbocycles. The maximum atomic E-state index is 10.8. The van der Waals surface area contributed by atoms with Crippen LogP contribution in [0.3, 0.4) is 0 Å². The standard InChI is InChI=1S/C14H11N3O3/c1-9-5-6-16-14(12(9)8-15)20-13-7-11(17(18)19)4-3-10(13)2/h3-7H,1-2H3. The zero-order chi connectivity index (χ0) is 14.7. The topological polar surface area (TPSA) is 89.1 Å². The van der Waals surface area contributed by atoms with Gasteiger partial charge in [-0.05, 0) is 37.1 Å². The summed E-state index contributed by atoms with van der Waals surface area (Å²) in [5, 5.41) is 19.9. The third kappa shape index (κ3) is 2.57. The van der Waals surface area contributed by atoms with Gasteiger partial charge in [0.1, 0.15) is 17.4 Å². The second-order valence-corrected chi connectivity index (χ2v) is 4.23. The Morgan fingerprint density at radius 2 is 2.05 bits per heavy atom. The van der Waals surface area contributed by atoms with Gasteiger partial charge in [-0.2, -0.15) is 5.26 Å². The van der Waals surface area contributed by atoms with Gasteiger partial charge in [-0.1, -0.05) is 0 Å².